The molecule has 0 aromatic rings. The second kappa shape index (κ2) is 15.8. The summed E-state index contributed by atoms with van der Waals surface area (Å²) in [6, 6.07) is 0. The van der Waals surface area contributed by atoms with Crippen LogP contribution in [-0.4, -0.2) is 0 Å². The van der Waals surface area contributed by atoms with Gasteiger partial charge in [0, 0.05) is 5.92 Å². The minimum atomic E-state index is 0.291. The summed E-state index contributed by atoms with van der Waals surface area (Å²) < 4.78 is 0. The van der Waals surface area contributed by atoms with Crippen LogP contribution in [0.2, 0.25) is 0 Å². The summed E-state index contributed by atoms with van der Waals surface area (Å²) in [6.07, 6.45) is 39.5. The Morgan fingerprint density at radius 3 is 1.77 bits per heavy atom. The lowest BCUT2D eigenvalue weighted by Crippen LogP contribution is -2.26. The lowest BCUT2D eigenvalue weighted by Gasteiger charge is -2.36. The molecule has 0 spiro atoms. The first kappa shape index (κ1) is 33.3. The van der Waals surface area contributed by atoms with E-state index in [0.29, 0.717) is 16.7 Å². The topological polar surface area (TPSA) is 0 Å². The Morgan fingerprint density at radius 2 is 1.23 bits per heavy atom. The van der Waals surface area contributed by atoms with Gasteiger partial charge in [-0.1, -0.05) is 152 Å². The SMILES string of the molecule is CC1=CCCC(C)(C)C1/C=C/C(C)=C\C=C\C(C)=C/C=C/C=C(C)\C=C\C=C(C)/C=C/C1=C(C)CCCC1(C)C. The fraction of sp³-hybridized carbons (Fsp3) is 0.450. The molecular formula is C40H56. The third kappa shape index (κ3) is 11.3. The highest BCUT2D eigenvalue weighted by molar-refractivity contribution is 5.37. The van der Waals surface area contributed by atoms with Crippen molar-refractivity contribution in [2.75, 3.05) is 0 Å². The average Bonchev–Trinajstić information content (AvgIpc) is 2.85. The molecule has 2 aliphatic carbocycles. The number of hydrogen-bond donors (Lipinski definition) is 0. The predicted octanol–water partition coefficient (Wildman–Crippen LogP) is 12.5. The summed E-state index contributed by atoms with van der Waals surface area (Å²) in [4.78, 5) is 0. The third-order valence-electron chi connectivity index (χ3n) is 8.46. The van der Waals surface area contributed by atoms with Crippen molar-refractivity contribution in [1.82, 2.24) is 0 Å². The van der Waals surface area contributed by atoms with E-state index in [0.717, 1.165) is 0 Å². The molecule has 216 valence electrons. The van der Waals surface area contributed by atoms with Crippen LogP contribution in [0.15, 0.2) is 130 Å². The zero-order chi connectivity index (χ0) is 29.8. The minimum Gasteiger partial charge on any atom is -0.0850 e. The third-order valence-corrected chi connectivity index (χ3v) is 8.46. The molecule has 40 heavy (non-hydrogen) atoms. The Morgan fingerprint density at radius 1 is 0.700 bits per heavy atom. The zero-order valence-electron chi connectivity index (χ0n) is 27.3. The number of rotatable bonds is 10. The summed E-state index contributed by atoms with van der Waals surface area (Å²) in [5.74, 6) is 0.532. The van der Waals surface area contributed by atoms with Crippen LogP contribution in [0.3, 0.4) is 0 Å². The summed E-state index contributed by atoms with van der Waals surface area (Å²) in [5, 5.41) is 0. The van der Waals surface area contributed by atoms with Crippen molar-refractivity contribution in [3.63, 3.8) is 0 Å². The molecule has 0 saturated heterocycles. The van der Waals surface area contributed by atoms with Gasteiger partial charge in [0.2, 0.25) is 0 Å². The molecule has 0 aromatic heterocycles. The van der Waals surface area contributed by atoms with Gasteiger partial charge in [-0.3, -0.25) is 0 Å². The van der Waals surface area contributed by atoms with Gasteiger partial charge >= 0.3 is 0 Å². The van der Waals surface area contributed by atoms with Gasteiger partial charge in [-0.25, -0.2) is 0 Å². The van der Waals surface area contributed by atoms with Gasteiger partial charge in [-0.2, -0.15) is 0 Å². The first-order valence-electron chi connectivity index (χ1n) is 15.3. The van der Waals surface area contributed by atoms with E-state index in [1.165, 1.54) is 65.5 Å². The molecule has 0 N–H and O–H groups in total. The van der Waals surface area contributed by atoms with Crippen LogP contribution in [0.5, 0.6) is 0 Å². The van der Waals surface area contributed by atoms with Crippen LogP contribution in [0.25, 0.3) is 0 Å². The lowest BCUT2D eigenvalue weighted by atomic mass is 9.68. The highest BCUT2D eigenvalue weighted by Crippen LogP contribution is 2.42. The van der Waals surface area contributed by atoms with Gasteiger partial charge in [0.05, 0.1) is 0 Å². The van der Waals surface area contributed by atoms with Gasteiger partial charge in [0.25, 0.3) is 0 Å². The standard InChI is InChI=1S/C40H56/c1-31(19-13-21-33(3)25-27-37-35(5)23-15-29-39(37,7)8)17-11-12-18-32(2)20-14-22-34(4)26-28-38-36(6)24-16-30-40(38,9)10/h11-14,17-23,25-28,37H,15-16,24,29-30H2,1-10H3/b12-11+,19-13+,20-14+,27-25+,28-26+,31-17-,32-18-,33-21-,34-22-. The van der Waals surface area contributed by atoms with Crippen LogP contribution < -0.4 is 0 Å². The summed E-state index contributed by atoms with van der Waals surface area (Å²) in [6.45, 7) is 22.7. The van der Waals surface area contributed by atoms with Crippen molar-refractivity contribution < 1.29 is 0 Å². The molecule has 0 fully saturated rings. The van der Waals surface area contributed by atoms with E-state index in [1.807, 2.05) is 0 Å². The van der Waals surface area contributed by atoms with E-state index >= 15 is 0 Å². The second-order valence-electron chi connectivity index (χ2n) is 13.3. The smallest absolute Gasteiger partial charge is 0.00285 e. The lowest BCUT2D eigenvalue weighted by molar-refractivity contribution is 0.255. The maximum atomic E-state index is 2.41. The van der Waals surface area contributed by atoms with Crippen molar-refractivity contribution >= 4 is 0 Å². The maximum absolute atomic E-state index is 2.41. The Bertz CT molecular complexity index is 1200. The van der Waals surface area contributed by atoms with Crippen molar-refractivity contribution in [3.05, 3.63) is 130 Å². The number of allylic oxidation sites excluding steroid dienone is 22. The summed E-state index contributed by atoms with van der Waals surface area (Å²) in [5.41, 5.74) is 10.2. The number of hydrogen-bond acceptors (Lipinski definition) is 0. The Hall–Kier alpha value is -2.86. The molecule has 1 atom stereocenters. The largest absolute Gasteiger partial charge is 0.0850 e. The highest BCUT2D eigenvalue weighted by Gasteiger charge is 2.30. The molecule has 0 radical (unpaired) electrons. The van der Waals surface area contributed by atoms with Gasteiger partial charge in [-0.15, -0.1) is 0 Å². The molecular weight excluding hydrogens is 480 g/mol. The molecule has 0 bridgehead atoms. The molecule has 0 aromatic carbocycles. The molecule has 0 aliphatic heterocycles. The molecule has 2 rings (SSSR count). The van der Waals surface area contributed by atoms with Crippen molar-refractivity contribution in [3.8, 4) is 0 Å². The monoisotopic (exact) mass is 536 g/mol. The minimum absolute atomic E-state index is 0.291. The van der Waals surface area contributed by atoms with E-state index in [9.17, 15) is 0 Å². The summed E-state index contributed by atoms with van der Waals surface area (Å²) in [7, 11) is 0. The first-order valence-corrected chi connectivity index (χ1v) is 15.3. The van der Waals surface area contributed by atoms with E-state index in [4.69, 9.17) is 0 Å². The van der Waals surface area contributed by atoms with E-state index in [1.54, 1.807) is 5.57 Å². The highest BCUT2D eigenvalue weighted by atomic mass is 14.3. The van der Waals surface area contributed by atoms with E-state index in [-0.39, 0.29) is 0 Å². The van der Waals surface area contributed by atoms with E-state index in [2.05, 4.69) is 160 Å². The van der Waals surface area contributed by atoms with Crippen LogP contribution in [-0.2, 0) is 0 Å². The Balaban J connectivity index is 1.88. The maximum Gasteiger partial charge on any atom is 0.00285 e. The van der Waals surface area contributed by atoms with E-state index < -0.39 is 0 Å². The second-order valence-corrected chi connectivity index (χ2v) is 13.3. The molecule has 1 unspecified atom stereocenters. The fourth-order valence-electron chi connectivity index (χ4n) is 5.80. The van der Waals surface area contributed by atoms with Crippen molar-refractivity contribution in [2.24, 2.45) is 16.7 Å². The van der Waals surface area contributed by atoms with Gasteiger partial charge in [-0.05, 0) is 90.0 Å². The molecule has 0 amide bonds. The molecule has 0 saturated carbocycles. The van der Waals surface area contributed by atoms with Crippen LogP contribution >= 0.6 is 0 Å². The van der Waals surface area contributed by atoms with Gasteiger partial charge in [0.15, 0.2) is 0 Å². The van der Waals surface area contributed by atoms with Crippen LogP contribution in [0.1, 0.15) is 101 Å². The van der Waals surface area contributed by atoms with Crippen molar-refractivity contribution in [2.45, 2.75) is 101 Å². The molecule has 0 heterocycles. The Labute approximate surface area is 247 Å². The fourth-order valence-corrected chi connectivity index (χ4v) is 5.80. The normalized spacial score (nSPS) is 23.6. The van der Waals surface area contributed by atoms with Crippen molar-refractivity contribution in [1.29, 1.82) is 0 Å². The molecule has 0 heteroatoms. The predicted molar refractivity (Wildman–Crippen MR) is 181 cm³/mol. The molecule has 2 aliphatic rings. The van der Waals surface area contributed by atoms with Gasteiger partial charge < -0.3 is 0 Å². The Kier molecular flexibility index (Phi) is 13.2. The zero-order valence-corrected chi connectivity index (χ0v) is 27.3. The van der Waals surface area contributed by atoms with Crippen LogP contribution in [0, 0.1) is 16.7 Å². The van der Waals surface area contributed by atoms with Crippen LogP contribution in [0.4, 0.5) is 0 Å². The van der Waals surface area contributed by atoms with Gasteiger partial charge in [0.1, 0.15) is 0 Å². The quantitative estimate of drug-likeness (QED) is 0.192. The molecule has 0 nitrogen and oxygen atoms in total. The first-order chi connectivity index (χ1) is 18.8. The average molecular weight is 537 g/mol. The summed E-state index contributed by atoms with van der Waals surface area (Å²) >= 11 is 0.